The van der Waals surface area contributed by atoms with E-state index in [1.165, 1.54) is 19.5 Å². The van der Waals surface area contributed by atoms with Crippen LogP contribution in [-0.4, -0.2) is 27.0 Å². The van der Waals surface area contributed by atoms with Gasteiger partial charge in [0, 0.05) is 18.6 Å². The normalized spacial score (nSPS) is 18.8. The monoisotopic (exact) mass is 340 g/mol. The molecule has 7 heteroatoms. The van der Waals surface area contributed by atoms with E-state index in [0.717, 1.165) is 17.5 Å². The van der Waals surface area contributed by atoms with Crippen molar-refractivity contribution in [3.05, 3.63) is 65.9 Å². The van der Waals surface area contributed by atoms with Crippen molar-refractivity contribution >= 4 is 0 Å². The topological polar surface area (TPSA) is 60.8 Å². The van der Waals surface area contributed by atoms with Gasteiger partial charge in [0.25, 0.3) is 0 Å². The smallest absolute Gasteiger partial charge is 0.200 e. The zero-order valence-corrected chi connectivity index (χ0v) is 13.4. The number of ether oxygens (including phenoxy) is 1. The Morgan fingerprint density at radius 2 is 1.80 bits per heavy atom. The van der Waals surface area contributed by atoms with Crippen molar-refractivity contribution in [3.63, 3.8) is 0 Å². The standard InChI is InChI=1S/C18H14F2N4O/c1-25-16-5-10(4-14(19)17(16)20)12-6-13(12)11-7-22-18(23-8-11)15-2-3-21-9-24-15/h2-5,7-9,12-13H,6H2,1H3/t12-,13-/m0/s1. The Kier molecular flexibility index (Phi) is 3.83. The number of methoxy groups -OCH3 is 1. The van der Waals surface area contributed by atoms with Crippen LogP contribution in [0.4, 0.5) is 8.78 Å². The summed E-state index contributed by atoms with van der Waals surface area (Å²) in [6.07, 6.45) is 7.43. The summed E-state index contributed by atoms with van der Waals surface area (Å²) in [4.78, 5) is 16.7. The van der Waals surface area contributed by atoms with Crippen molar-refractivity contribution in [3.8, 4) is 17.3 Å². The second-order valence-corrected chi connectivity index (χ2v) is 5.90. The Labute approximate surface area is 142 Å². The lowest BCUT2D eigenvalue weighted by molar-refractivity contribution is 0.371. The Morgan fingerprint density at radius 1 is 1.04 bits per heavy atom. The van der Waals surface area contributed by atoms with Crippen molar-refractivity contribution in [2.75, 3.05) is 7.11 Å². The minimum absolute atomic E-state index is 0.0731. The zero-order chi connectivity index (χ0) is 17.4. The van der Waals surface area contributed by atoms with Gasteiger partial charge in [-0.15, -0.1) is 0 Å². The molecule has 0 spiro atoms. The van der Waals surface area contributed by atoms with Crippen LogP contribution in [0, 0.1) is 11.6 Å². The molecule has 1 fully saturated rings. The first-order chi connectivity index (χ1) is 12.2. The molecule has 25 heavy (non-hydrogen) atoms. The van der Waals surface area contributed by atoms with Gasteiger partial charge in [0.15, 0.2) is 17.4 Å². The minimum atomic E-state index is -0.957. The third-order valence-corrected chi connectivity index (χ3v) is 4.37. The predicted octanol–water partition coefficient (Wildman–Crippen LogP) is 3.49. The van der Waals surface area contributed by atoms with Crippen molar-refractivity contribution in [2.45, 2.75) is 18.3 Å². The molecule has 0 radical (unpaired) electrons. The molecule has 1 aliphatic carbocycles. The van der Waals surface area contributed by atoms with Gasteiger partial charge in [-0.1, -0.05) is 0 Å². The Morgan fingerprint density at radius 3 is 2.48 bits per heavy atom. The van der Waals surface area contributed by atoms with Gasteiger partial charge in [-0.05, 0) is 47.6 Å². The molecule has 0 amide bonds. The second kappa shape index (κ2) is 6.16. The molecule has 126 valence electrons. The third kappa shape index (κ3) is 2.93. The van der Waals surface area contributed by atoms with Crippen LogP contribution in [0.15, 0.2) is 43.1 Å². The van der Waals surface area contributed by atoms with Gasteiger partial charge in [0.05, 0.1) is 7.11 Å². The fraction of sp³-hybridized carbons (Fsp3) is 0.222. The van der Waals surface area contributed by atoms with E-state index in [1.54, 1.807) is 30.7 Å². The number of rotatable bonds is 4. The van der Waals surface area contributed by atoms with E-state index >= 15 is 0 Å². The molecule has 0 saturated heterocycles. The van der Waals surface area contributed by atoms with E-state index in [2.05, 4.69) is 19.9 Å². The highest BCUT2D eigenvalue weighted by molar-refractivity contribution is 5.48. The summed E-state index contributed by atoms with van der Waals surface area (Å²) >= 11 is 0. The van der Waals surface area contributed by atoms with Crippen LogP contribution < -0.4 is 4.74 Å². The van der Waals surface area contributed by atoms with Crippen LogP contribution in [-0.2, 0) is 0 Å². The second-order valence-electron chi connectivity index (χ2n) is 5.90. The number of benzene rings is 1. The van der Waals surface area contributed by atoms with Crippen LogP contribution >= 0.6 is 0 Å². The highest BCUT2D eigenvalue weighted by Gasteiger charge is 2.40. The van der Waals surface area contributed by atoms with E-state index in [0.29, 0.717) is 11.5 Å². The summed E-state index contributed by atoms with van der Waals surface area (Å²) in [6, 6.07) is 4.53. The summed E-state index contributed by atoms with van der Waals surface area (Å²) in [5, 5.41) is 0. The lowest BCUT2D eigenvalue weighted by atomic mass is 10.1. The average Bonchev–Trinajstić information content (AvgIpc) is 3.45. The number of nitrogens with zero attached hydrogens (tertiary/aromatic N) is 4. The number of hydrogen-bond acceptors (Lipinski definition) is 5. The maximum Gasteiger partial charge on any atom is 0.200 e. The summed E-state index contributed by atoms with van der Waals surface area (Å²) in [7, 11) is 1.33. The molecule has 4 rings (SSSR count). The van der Waals surface area contributed by atoms with E-state index in [4.69, 9.17) is 4.74 Å². The van der Waals surface area contributed by atoms with E-state index < -0.39 is 11.6 Å². The summed E-state index contributed by atoms with van der Waals surface area (Å²) in [5.41, 5.74) is 2.34. The first-order valence-electron chi connectivity index (χ1n) is 7.78. The van der Waals surface area contributed by atoms with Gasteiger partial charge in [-0.25, -0.2) is 24.3 Å². The predicted molar refractivity (Wildman–Crippen MR) is 86.1 cm³/mol. The molecule has 1 saturated carbocycles. The van der Waals surface area contributed by atoms with Gasteiger partial charge in [-0.3, -0.25) is 0 Å². The molecule has 2 atom stereocenters. The Hall–Kier alpha value is -2.96. The number of hydrogen-bond donors (Lipinski definition) is 0. The summed E-state index contributed by atoms with van der Waals surface area (Å²) in [5.74, 6) is -1.10. The highest BCUT2D eigenvalue weighted by atomic mass is 19.2. The minimum Gasteiger partial charge on any atom is -0.494 e. The van der Waals surface area contributed by atoms with Crippen molar-refractivity contribution in [1.29, 1.82) is 0 Å². The van der Waals surface area contributed by atoms with Crippen LogP contribution in [0.3, 0.4) is 0 Å². The van der Waals surface area contributed by atoms with E-state index in [1.807, 2.05) is 0 Å². The quantitative estimate of drug-likeness (QED) is 0.727. The third-order valence-electron chi connectivity index (χ3n) is 4.37. The van der Waals surface area contributed by atoms with Crippen molar-refractivity contribution in [1.82, 2.24) is 19.9 Å². The van der Waals surface area contributed by atoms with Crippen LogP contribution in [0.25, 0.3) is 11.5 Å². The molecule has 0 unspecified atom stereocenters. The van der Waals surface area contributed by atoms with E-state index in [9.17, 15) is 8.78 Å². The van der Waals surface area contributed by atoms with Crippen LogP contribution in [0.1, 0.15) is 29.4 Å². The largest absolute Gasteiger partial charge is 0.494 e. The van der Waals surface area contributed by atoms with Gasteiger partial charge in [0.2, 0.25) is 5.82 Å². The Bertz CT molecular complexity index is 903. The maximum atomic E-state index is 13.7. The molecular formula is C18H14F2N4O. The Balaban J connectivity index is 1.55. The molecule has 2 aromatic heterocycles. The number of halogens is 2. The SMILES string of the molecule is COc1cc([C@@H]2C[C@H]2c2cnc(-c3ccncn3)nc2)cc(F)c1F. The molecule has 2 heterocycles. The molecule has 1 aromatic carbocycles. The van der Waals surface area contributed by atoms with Crippen molar-refractivity contribution in [2.24, 2.45) is 0 Å². The molecule has 1 aliphatic rings. The van der Waals surface area contributed by atoms with Gasteiger partial charge in [-0.2, -0.15) is 4.39 Å². The van der Waals surface area contributed by atoms with Crippen LogP contribution in [0.5, 0.6) is 5.75 Å². The van der Waals surface area contributed by atoms with Gasteiger partial charge >= 0.3 is 0 Å². The lowest BCUT2D eigenvalue weighted by Crippen LogP contribution is -1.96. The molecule has 0 N–H and O–H groups in total. The fourth-order valence-electron chi connectivity index (χ4n) is 2.96. The van der Waals surface area contributed by atoms with Crippen LogP contribution in [0.2, 0.25) is 0 Å². The lowest BCUT2D eigenvalue weighted by Gasteiger charge is -2.07. The van der Waals surface area contributed by atoms with Gasteiger partial charge < -0.3 is 4.74 Å². The highest BCUT2D eigenvalue weighted by Crippen LogP contribution is 2.55. The summed E-state index contributed by atoms with van der Waals surface area (Å²) < 4.78 is 32.2. The molecular weight excluding hydrogens is 326 g/mol. The molecule has 0 bridgehead atoms. The fourth-order valence-corrected chi connectivity index (χ4v) is 2.96. The first kappa shape index (κ1) is 15.6. The van der Waals surface area contributed by atoms with Gasteiger partial charge in [0.1, 0.15) is 12.0 Å². The maximum absolute atomic E-state index is 13.7. The van der Waals surface area contributed by atoms with Crippen molar-refractivity contribution < 1.29 is 13.5 Å². The average molecular weight is 340 g/mol. The number of aromatic nitrogens is 4. The first-order valence-corrected chi connectivity index (χ1v) is 7.78. The molecule has 3 aromatic rings. The summed E-state index contributed by atoms with van der Waals surface area (Å²) in [6.45, 7) is 0. The van der Waals surface area contributed by atoms with E-state index in [-0.39, 0.29) is 17.6 Å². The molecule has 5 nitrogen and oxygen atoms in total. The molecule has 0 aliphatic heterocycles. The zero-order valence-electron chi connectivity index (χ0n) is 13.4.